The van der Waals surface area contributed by atoms with E-state index in [9.17, 15) is 14.9 Å². The van der Waals surface area contributed by atoms with Gasteiger partial charge in [-0.15, -0.1) is 5.10 Å². The largest absolute Gasteiger partial charge is 0.355 e. The van der Waals surface area contributed by atoms with E-state index in [-0.39, 0.29) is 17.9 Å². The van der Waals surface area contributed by atoms with E-state index < -0.39 is 5.54 Å². The quantitative estimate of drug-likeness (QED) is 0.849. The van der Waals surface area contributed by atoms with Crippen molar-refractivity contribution in [2.45, 2.75) is 31.3 Å². The molecular weight excluding hydrogens is 320 g/mol. The lowest BCUT2D eigenvalue weighted by Gasteiger charge is -2.11. The average molecular weight is 338 g/mol. The van der Waals surface area contributed by atoms with Crippen LogP contribution in [0, 0.1) is 11.3 Å². The molecule has 2 N–H and O–H groups in total. The number of benzene rings is 1. The number of hydrogen-bond donors (Lipinski definition) is 2. The van der Waals surface area contributed by atoms with Gasteiger partial charge in [0.15, 0.2) is 5.54 Å². The van der Waals surface area contributed by atoms with Gasteiger partial charge in [0, 0.05) is 18.2 Å². The highest BCUT2D eigenvalue weighted by molar-refractivity contribution is 5.97. The summed E-state index contributed by atoms with van der Waals surface area (Å²) in [5.41, 5.74) is 0.964. The number of carbonyl (C=O) groups is 2. The maximum atomic E-state index is 12.3. The fourth-order valence-corrected chi connectivity index (χ4v) is 2.47. The highest BCUT2D eigenvalue weighted by Crippen LogP contribution is 2.42. The molecule has 1 aromatic carbocycles. The number of nitrogens with one attached hydrogen (secondary N) is 2. The fraction of sp³-hybridized carbons (Fsp3) is 0.353. The van der Waals surface area contributed by atoms with Crippen molar-refractivity contribution in [3.8, 4) is 6.07 Å². The Morgan fingerprint density at radius 1 is 1.24 bits per heavy atom. The van der Waals surface area contributed by atoms with Gasteiger partial charge in [0.2, 0.25) is 0 Å². The number of nitriles is 1. The van der Waals surface area contributed by atoms with Crippen molar-refractivity contribution in [3.05, 3.63) is 47.3 Å². The first kappa shape index (κ1) is 16.6. The molecule has 0 bridgehead atoms. The lowest BCUT2D eigenvalue weighted by molar-refractivity contribution is 0.0934. The summed E-state index contributed by atoms with van der Waals surface area (Å²) in [5.74, 6) is -0.477. The molecule has 1 aliphatic rings. The zero-order valence-electron chi connectivity index (χ0n) is 14.0. The Morgan fingerprint density at radius 3 is 2.36 bits per heavy atom. The Bertz CT molecular complexity index is 845. The van der Waals surface area contributed by atoms with Crippen LogP contribution < -0.4 is 10.6 Å². The predicted octanol–water partition coefficient (Wildman–Crippen LogP) is 1.14. The summed E-state index contributed by atoms with van der Waals surface area (Å²) in [6, 6.07) is 8.28. The van der Waals surface area contributed by atoms with Crippen molar-refractivity contribution in [2.75, 3.05) is 7.05 Å². The molecule has 0 aliphatic heterocycles. The minimum atomic E-state index is -0.565. The normalized spacial score (nSPS) is 15.7. The molecular formula is C17H18N6O2. The standard InChI is InChI=1S/C17H18N6O2/c1-11(14-9-23(22-21-14)17(10-18)7-8-17)20-16(25)13-5-3-12(4-6-13)15(24)19-2/h3-6,9,11H,7-8H2,1-2H3,(H,19,24)(H,20,25)/t11-/m0/s1. The molecule has 2 amide bonds. The molecule has 25 heavy (non-hydrogen) atoms. The third kappa shape index (κ3) is 3.21. The Labute approximate surface area is 144 Å². The van der Waals surface area contributed by atoms with Crippen molar-refractivity contribution in [2.24, 2.45) is 0 Å². The van der Waals surface area contributed by atoms with Gasteiger partial charge >= 0.3 is 0 Å². The van der Waals surface area contributed by atoms with Crippen LogP contribution in [0.4, 0.5) is 0 Å². The first-order valence-electron chi connectivity index (χ1n) is 7.96. The summed E-state index contributed by atoms with van der Waals surface area (Å²) in [7, 11) is 1.55. The molecule has 2 aromatic rings. The molecule has 0 saturated heterocycles. The van der Waals surface area contributed by atoms with Gasteiger partial charge < -0.3 is 10.6 Å². The summed E-state index contributed by atoms with van der Waals surface area (Å²) in [4.78, 5) is 23.9. The van der Waals surface area contributed by atoms with Gasteiger partial charge in [-0.3, -0.25) is 9.59 Å². The molecule has 1 fully saturated rings. The van der Waals surface area contributed by atoms with Gasteiger partial charge in [-0.05, 0) is 44.0 Å². The van der Waals surface area contributed by atoms with E-state index >= 15 is 0 Å². The number of nitrogens with zero attached hydrogens (tertiary/aromatic N) is 4. The summed E-state index contributed by atoms with van der Waals surface area (Å²) in [6.45, 7) is 1.80. The van der Waals surface area contributed by atoms with Gasteiger partial charge in [-0.25, -0.2) is 4.68 Å². The lowest BCUT2D eigenvalue weighted by Crippen LogP contribution is -2.27. The highest BCUT2D eigenvalue weighted by Gasteiger charge is 2.46. The van der Waals surface area contributed by atoms with Crippen molar-refractivity contribution in [1.29, 1.82) is 5.26 Å². The van der Waals surface area contributed by atoms with Gasteiger partial charge in [0.1, 0.15) is 5.69 Å². The van der Waals surface area contributed by atoms with E-state index in [0.717, 1.165) is 12.8 Å². The van der Waals surface area contributed by atoms with Crippen molar-refractivity contribution in [3.63, 3.8) is 0 Å². The number of aromatic nitrogens is 3. The minimum Gasteiger partial charge on any atom is -0.355 e. The Balaban J connectivity index is 1.66. The summed E-state index contributed by atoms with van der Waals surface area (Å²) < 4.78 is 1.57. The first-order valence-corrected chi connectivity index (χ1v) is 7.96. The van der Waals surface area contributed by atoms with E-state index in [2.05, 4.69) is 27.0 Å². The van der Waals surface area contributed by atoms with E-state index in [1.807, 2.05) is 0 Å². The Hall–Kier alpha value is -3.21. The van der Waals surface area contributed by atoms with Crippen LogP contribution in [0.5, 0.6) is 0 Å². The molecule has 1 heterocycles. The van der Waals surface area contributed by atoms with Crippen LogP contribution in [0.1, 0.15) is 52.2 Å². The van der Waals surface area contributed by atoms with Crippen LogP contribution >= 0.6 is 0 Å². The predicted molar refractivity (Wildman–Crippen MR) is 88.6 cm³/mol. The maximum absolute atomic E-state index is 12.3. The van der Waals surface area contributed by atoms with Crippen molar-refractivity contribution >= 4 is 11.8 Å². The average Bonchev–Trinajstić information content (AvgIpc) is 3.28. The van der Waals surface area contributed by atoms with E-state index in [0.29, 0.717) is 16.8 Å². The summed E-state index contributed by atoms with van der Waals surface area (Å²) in [5, 5.41) is 22.6. The molecule has 1 saturated carbocycles. The summed E-state index contributed by atoms with van der Waals surface area (Å²) >= 11 is 0. The highest BCUT2D eigenvalue weighted by atomic mass is 16.2. The molecule has 1 atom stereocenters. The van der Waals surface area contributed by atoms with Crippen LogP contribution in [0.3, 0.4) is 0 Å². The number of carbonyl (C=O) groups excluding carboxylic acids is 2. The smallest absolute Gasteiger partial charge is 0.251 e. The number of rotatable bonds is 5. The number of hydrogen-bond acceptors (Lipinski definition) is 5. The number of amides is 2. The summed E-state index contributed by atoms with van der Waals surface area (Å²) in [6.07, 6.45) is 3.24. The molecule has 1 aromatic heterocycles. The molecule has 0 unspecified atom stereocenters. The van der Waals surface area contributed by atoms with Crippen LogP contribution in [-0.2, 0) is 5.54 Å². The minimum absolute atomic E-state index is 0.205. The van der Waals surface area contributed by atoms with Crippen molar-refractivity contribution in [1.82, 2.24) is 25.6 Å². The second-order valence-electron chi connectivity index (χ2n) is 6.08. The molecule has 3 rings (SSSR count). The van der Waals surface area contributed by atoms with E-state index in [1.54, 1.807) is 49.1 Å². The second-order valence-corrected chi connectivity index (χ2v) is 6.08. The van der Waals surface area contributed by atoms with Crippen LogP contribution in [0.25, 0.3) is 0 Å². The Kier molecular flexibility index (Phi) is 4.23. The fourth-order valence-electron chi connectivity index (χ4n) is 2.47. The van der Waals surface area contributed by atoms with Gasteiger partial charge in [0.25, 0.3) is 11.8 Å². The third-order valence-corrected chi connectivity index (χ3v) is 4.31. The second kappa shape index (κ2) is 6.36. The monoisotopic (exact) mass is 338 g/mol. The van der Waals surface area contributed by atoms with Gasteiger partial charge in [-0.1, -0.05) is 5.21 Å². The first-order chi connectivity index (χ1) is 12.0. The van der Waals surface area contributed by atoms with Gasteiger partial charge in [0.05, 0.1) is 18.3 Å². The Morgan fingerprint density at radius 2 is 1.84 bits per heavy atom. The van der Waals surface area contributed by atoms with E-state index in [1.165, 1.54) is 0 Å². The SMILES string of the molecule is CNC(=O)c1ccc(C(=O)N[C@@H](C)c2cn(C3(C#N)CC3)nn2)cc1. The van der Waals surface area contributed by atoms with Gasteiger partial charge in [-0.2, -0.15) is 5.26 Å². The zero-order chi connectivity index (χ0) is 18.0. The zero-order valence-corrected chi connectivity index (χ0v) is 14.0. The molecule has 1 aliphatic carbocycles. The van der Waals surface area contributed by atoms with Crippen LogP contribution in [-0.4, -0.2) is 33.9 Å². The molecule has 128 valence electrons. The topological polar surface area (TPSA) is 113 Å². The van der Waals surface area contributed by atoms with Crippen molar-refractivity contribution < 1.29 is 9.59 Å². The lowest BCUT2D eigenvalue weighted by atomic mass is 10.1. The van der Waals surface area contributed by atoms with E-state index in [4.69, 9.17) is 0 Å². The van der Waals surface area contributed by atoms with Crippen LogP contribution in [0.2, 0.25) is 0 Å². The molecule has 0 radical (unpaired) electrons. The molecule has 8 heteroatoms. The molecule has 0 spiro atoms. The van der Waals surface area contributed by atoms with Crippen LogP contribution in [0.15, 0.2) is 30.5 Å². The third-order valence-electron chi connectivity index (χ3n) is 4.31. The maximum Gasteiger partial charge on any atom is 0.251 e. The molecule has 8 nitrogen and oxygen atoms in total.